The average molecular weight is 461 g/mol. The second-order valence-corrected chi connectivity index (χ2v) is 9.37. The number of thiophene rings is 1. The lowest BCUT2D eigenvalue weighted by molar-refractivity contribution is -0.132. The number of ketones is 1. The molecular formula is C26H24N2O4S. The first-order valence-electron chi connectivity index (χ1n) is 10.8. The summed E-state index contributed by atoms with van der Waals surface area (Å²) < 4.78 is 5.71. The quantitative estimate of drug-likeness (QED) is 0.345. The van der Waals surface area contributed by atoms with Crippen molar-refractivity contribution in [1.82, 2.24) is 0 Å². The minimum absolute atomic E-state index is 0.102. The molecule has 1 amide bonds. The molecule has 6 nitrogen and oxygen atoms in total. The second kappa shape index (κ2) is 8.08. The number of amides is 1. The third-order valence-corrected chi connectivity index (χ3v) is 7.31. The van der Waals surface area contributed by atoms with Gasteiger partial charge in [-0.25, -0.2) is 0 Å². The minimum Gasteiger partial charge on any atom is -0.507 e. The van der Waals surface area contributed by atoms with Crippen LogP contribution in [0.4, 0.5) is 11.4 Å². The Morgan fingerprint density at radius 1 is 1.09 bits per heavy atom. The molecule has 3 aromatic rings. The van der Waals surface area contributed by atoms with Gasteiger partial charge in [-0.2, -0.15) is 0 Å². The van der Waals surface area contributed by atoms with Crippen LogP contribution in [0.3, 0.4) is 0 Å². The van der Waals surface area contributed by atoms with E-state index in [4.69, 9.17) is 4.74 Å². The molecule has 1 aromatic heterocycles. The molecule has 0 radical (unpaired) electrons. The van der Waals surface area contributed by atoms with Gasteiger partial charge in [0, 0.05) is 23.2 Å². The lowest BCUT2D eigenvalue weighted by Crippen LogP contribution is -2.29. The number of carbonyl (C=O) groups is 2. The Labute approximate surface area is 196 Å². The van der Waals surface area contributed by atoms with Gasteiger partial charge in [-0.05, 0) is 61.2 Å². The highest BCUT2D eigenvalue weighted by atomic mass is 32.1. The highest BCUT2D eigenvalue weighted by Crippen LogP contribution is 2.45. The number of fused-ring (bicyclic) bond motifs is 1. The van der Waals surface area contributed by atoms with Crippen LogP contribution in [0.2, 0.25) is 0 Å². The Morgan fingerprint density at radius 2 is 1.85 bits per heavy atom. The van der Waals surface area contributed by atoms with Crippen molar-refractivity contribution in [3.05, 3.63) is 81.1 Å². The molecule has 1 unspecified atom stereocenters. The molecule has 5 rings (SSSR count). The van der Waals surface area contributed by atoms with E-state index in [1.807, 2.05) is 67.6 Å². The molecule has 2 aliphatic heterocycles. The summed E-state index contributed by atoms with van der Waals surface area (Å²) in [4.78, 5) is 30.9. The standard InChI is InChI=1S/C26H24N2O4S/c1-15-4-7-18(8-5-15)28-22(25-16(2)10-13-33-25)21(24(30)26(28)31)23(29)17-6-9-20-19(14-17)27(3)11-12-32-20/h4-10,13-14,22,29H,11-12H2,1-3H3/b23-21-. The van der Waals surface area contributed by atoms with Gasteiger partial charge in [0.2, 0.25) is 0 Å². The molecule has 1 fully saturated rings. The predicted molar refractivity (Wildman–Crippen MR) is 130 cm³/mol. The van der Waals surface area contributed by atoms with E-state index in [2.05, 4.69) is 0 Å². The van der Waals surface area contributed by atoms with E-state index in [0.29, 0.717) is 17.9 Å². The largest absolute Gasteiger partial charge is 0.507 e. The normalized spacial score (nSPS) is 19.5. The topological polar surface area (TPSA) is 70.1 Å². The predicted octanol–water partition coefficient (Wildman–Crippen LogP) is 4.82. The molecule has 3 heterocycles. The zero-order valence-corrected chi connectivity index (χ0v) is 19.5. The minimum atomic E-state index is -0.697. The van der Waals surface area contributed by atoms with E-state index in [0.717, 1.165) is 34.0 Å². The van der Waals surface area contributed by atoms with Gasteiger partial charge >= 0.3 is 0 Å². The maximum atomic E-state index is 13.3. The summed E-state index contributed by atoms with van der Waals surface area (Å²) in [6.07, 6.45) is 0. The van der Waals surface area contributed by atoms with Gasteiger partial charge in [0.1, 0.15) is 24.2 Å². The molecule has 0 aliphatic carbocycles. The SMILES string of the molecule is Cc1ccc(N2C(=O)C(=O)/C(=C(\O)c3ccc4c(c3)N(C)CCO4)C2c2sccc2C)cc1. The zero-order chi connectivity index (χ0) is 23.3. The molecule has 1 atom stereocenters. The number of hydrogen-bond acceptors (Lipinski definition) is 6. The summed E-state index contributed by atoms with van der Waals surface area (Å²) in [7, 11) is 1.95. The van der Waals surface area contributed by atoms with E-state index >= 15 is 0 Å². The number of aryl methyl sites for hydroxylation is 2. The fraction of sp³-hybridized carbons (Fsp3) is 0.231. The van der Waals surface area contributed by atoms with Crippen LogP contribution in [0, 0.1) is 13.8 Å². The number of likely N-dealkylation sites (N-methyl/N-ethyl adjacent to an activating group) is 1. The van der Waals surface area contributed by atoms with Crippen LogP contribution in [0.1, 0.15) is 27.6 Å². The van der Waals surface area contributed by atoms with Crippen LogP contribution in [0.15, 0.2) is 59.5 Å². The van der Waals surface area contributed by atoms with Crippen molar-refractivity contribution in [2.24, 2.45) is 0 Å². The van der Waals surface area contributed by atoms with Crippen molar-refractivity contribution in [3.63, 3.8) is 0 Å². The van der Waals surface area contributed by atoms with Crippen LogP contribution < -0.4 is 14.5 Å². The molecule has 168 valence electrons. The van der Waals surface area contributed by atoms with Gasteiger partial charge in [0.25, 0.3) is 11.7 Å². The number of aliphatic hydroxyl groups is 1. The first-order chi connectivity index (χ1) is 15.9. The van der Waals surface area contributed by atoms with Crippen molar-refractivity contribution < 1.29 is 19.4 Å². The number of benzene rings is 2. The number of ether oxygens (including phenoxy) is 1. The highest BCUT2D eigenvalue weighted by Gasteiger charge is 2.48. The monoisotopic (exact) mass is 460 g/mol. The van der Waals surface area contributed by atoms with Crippen LogP contribution in [0.5, 0.6) is 5.75 Å². The van der Waals surface area contributed by atoms with Crippen molar-refractivity contribution in [1.29, 1.82) is 0 Å². The number of anilines is 2. The number of nitrogens with zero attached hydrogens (tertiary/aromatic N) is 2. The summed E-state index contributed by atoms with van der Waals surface area (Å²) in [5.74, 6) is -0.779. The van der Waals surface area contributed by atoms with Crippen molar-refractivity contribution in [2.45, 2.75) is 19.9 Å². The van der Waals surface area contributed by atoms with Crippen LogP contribution >= 0.6 is 11.3 Å². The Bertz CT molecular complexity index is 1290. The summed E-state index contributed by atoms with van der Waals surface area (Å²) in [5.41, 5.74) is 4.06. The van der Waals surface area contributed by atoms with Crippen molar-refractivity contribution in [2.75, 3.05) is 30.0 Å². The first kappa shape index (κ1) is 21.3. The lowest BCUT2D eigenvalue weighted by atomic mass is 9.97. The van der Waals surface area contributed by atoms with Crippen molar-refractivity contribution >= 4 is 40.2 Å². The fourth-order valence-corrected chi connectivity index (χ4v) is 5.40. The van der Waals surface area contributed by atoms with Gasteiger partial charge in [-0.3, -0.25) is 14.5 Å². The molecule has 1 N–H and O–H groups in total. The Balaban J connectivity index is 1.69. The first-order valence-corrected chi connectivity index (χ1v) is 11.6. The maximum absolute atomic E-state index is 13.3. The van der Waals surface area contributed by atoms with E-state index < -0.39 is 17.7 Å². The molecule has 2 aromatic carbocycles. The van der Waals surface area contributed by atoms with Gasteiger partial charge in [-0.15, -0.1) is 11.3 Å². The van der Waals surface area contributed by atoms with Gasteiger partial charge in [0.05, 0.1) is 17.8 Å². The summed E-state index contributed by atoms with van der Waals surface area (Å²) in [6.45, 7) is 5.24. The van der Waals surface area contributed by atoms with E-state index in [1.165, 1.54) is 16.2 Å². The van der Waals surface area contributed by atoms with Crippen LogP contribution in [-0.2, 0) is 9.59 Å². The molecule has 2 aliphatic rings. The Hall–Kier alpha value is -3.58. The van der Waals surface area contributed by atoms with E-state index in [-0.39, 0.29) is 11.3 Å². The summed E-state index contributed by atoms with van der Waals surface area (Å²) >= 11 is 1.47. The smallest absolute Gasteiger partial charge is 0.300 e. The number of hydrogen-bond donors (Lipinski definition) is 1. The number of carbonyl (C=O) groups excluding carboxylic acids is 2. The van der Waals surface area contributed by atoms with Crippen LogP contribution in [-0.4, -0.2) is 37.0 Å². The third kappa shape index (κ3) is 3.49. The maximum Gasteiger partial charge on any atom is 0.300 e. The number of rotatable bonds is 3. The number of aliphatic hydroxyl groups excluding tert-OH is 1. The lowest BCUT2D eigenvalue weighted by Gasteiger charge is -2.28. The summed E-state index contributed by atoms with van der Waals surface area (Å²) in [5, 5.41) is 13.3. The fourth-order valence-electron chi connectivity index (χ4n) is 4.37. The summed E-state index contributed by atoms with van der Waals surface area (Å²) in [6, 6.07) is 14.1. The van der Waals surface area contributed by atoms with Gasteiger partial charge < -0.3 is 14.7 Å². The molecule has 0 bridgehead atoms. The highest BCUT2D eigenvalue weighted by molar-refractivity contribution is 7.10. The number of Topliss-reactive ketones (excluding diaryl/α,β-unsaturated/α-hetero) is 1. The third-order valence-electron chi connectivity index (χ3n) is 6.23. The Kier molecular flexibility index (Phi) is 5.21. The van der Waals surface area contributed by atoms with Gasteiger partial charge in [-0.1, -0.05) is 17.7 Å². The van der Waals surface area contributed by atoms with E-state index in [1.54, 1.807) is 12.1 Å². The molecule has 0 saturated carbocycles. The molecule has 1 saturated heterocycles. The zero-order valence-electron chi connectivity index (χ0n) is 18.7. The Morgan fingerprint density at radius 3 is 2.55 bits per heavy atom. The molecule has 0 spiro atoms. The van der Waals surface area contributed by atoms with Crippen LogP contribution in [0.25, 0.3) is 5.76 Å². The van der Waals surface area contributed by atoms with Crippen molar-refractivity contribution in [3.8, 4) is 5.75 Å². The van der Waals surface area contributed by atoms with Gasteiger partial charge in [0.15, 0.2) is 0 Å². The molecule has 33 heavy (non-hydrogen) atoms. The molecular weight excluding hydrogens is 436 g/mol. The second-order valence-electron chi connectivity index (χ2n) is 8.43. The average Bonchev–Trinajstić information content (AvgIpc) is 3.34. The van der Waals surface area contributed by atoms with E-state index in [9.17, 15) is 14.7 Å². The molecule has 7 heteroatoms.